The summed E-state index contributed by atoms with van der Waals surface area (Å²) in [4.78, 5) is 18.2. The van der Waals surface area contributed by atoms with Gasteiger partial charge < -0.3 is 15.0 Å². The summed E-state index contributed by atoms with van der Waals surface area (Å²) in [6.45, 7) is 7.45. The van der Waals surface area contributed by atoms with Crippen LogP contribution in [0.5, 0.6) is 5.75 Å². The summed E-state index contributed by atoms with van der Waals surface area (Å²) in [5, 5.41) is 3.21. The summed E-state index contributed by atoms with van der Waals surface area (Å²) < 4.78 is 6.02. The minimum atomic E-state index is 0.0406. The van der Waals surface area contributed by atoms with Crippen molar-refractivity contribution in [2.75, 3.05) is 20.1 Å². The Morgan fingerprint density at radius 1 is 1.46 bits per heavy atom. The van der Waals surface area contributed by atoms with Gasteiger partial charge in [0.2, 0.25) is 5.91 Å². The molecule has 2 rings (SSSR count). The molecular weight excluding hydrogens is 302 g/mol. The van der Waals surface area contributed by atoms with Gasteiger partial charge in [0.05, 0.1) is 12.7 Å². The van der Waals surface area contributed by atoms with E-state index in [-0.39, 0.29) is 17.9 Å². The number of likely N-dealkylation sites (tertiary alicyclic amines) is 1. The smallest absolute Gasteiger partial charge is 0.225 e. The molecule has 0 unspecified atom stereocenters. The van der Waals surface area contributed by atoms with E-state index in [4.69, 9.17) is 4.74 Å². The van der Waals surface area contributed by atoms with Gasteiger partial charge in [0.15, 0.2) is 0 Å². The average molecular weight is 331 g/mol. The molecule has 24 heavy (non-hydrogen) atoms. The molecule has 0 bridgehead atoms. The number of carbonyl (C=O) groups excluding carboxylic acids is 1. The summed E-state index contributed by atoms with van der Waals surface area (Å²) >= 11 is 0. The van der Waals surface area contributed by atoms with Crippen molar-refractivity contribution in [3.05, 3.63) is 30.1 Å². The lowest BCUT2D eigenvalue weighted by Crippen LogP contribution is -2.33. The molecule has 0 radical (unpaired) electrons. The summed E-state index contributed by atoms with van der Waals surface area (Å²) in [5.74, 6) is 1.01. The molecule has 132 valence electrons. The van der Waals surface area contributed by atoms with Gasteiger partial charge in [-0.3, -0.25) is 9.78 Å². The minimum absolute atomic E-state index is 0.0406. The van der Waals surface area contributed by atoms with Gasteiger partial charge in [-0.2, -0.15) is 0 Å². The van der Waals surface area contributed by atoms with Crippen molar-refractivity contribution in [1.82, 2.24) is 15.2 Å². The van der Waals surface area contributed by atoms with Crippen molar-refractivity contribution in [2.45, 2.75) is 45.8 Å². The molecule has 1 fully saturated rings. The van der Waals surface area contributed by atoms with Gasteiger partial charge in [-0.25, -0.2) is 0 Å². The molecular formula is C19H29N3O2. The fourth-order valence-electron chi connectivity index (χ4n) is 2.70. The maximum absolute atomic E-state index is 12.0. The number of ether oxygens (including phenoxy) is 1. The highest BCUT2D eigenvalue weighted by molar-refractivity contribution is 5.78. The van der Waals surface area contributed by atoms with Crippen LogP contribution in [0.3, 0.4) is 0 Å². The van der Waals surface area contributed by atoms with Crippen molar-refractivity contribution >= 4 is 12.0 Å². The summed E-state index contributed by atoms with van der Waals surface area (Å²) in [6, 6.07) is 2.46. The highest BCUT2D eigenvalue weighted by Gasteiger charge is 2.28. The lowest BCUT2D eigenvalue weighted by molar-refractivity contribution is -0.133. The number of nitrogens with zero attached hydrogens (tertiary/aromatic N) is 2. The summed E-state index contributed by atoms with van der Waals surface area (Å²) in [7, 11) is 1.96. The number of pyridine rings is 1. The van der Waals surface area contributed by atoms with Crippen LogP contribution in [0.1, 0.15) is 39.2 Å². The van der Waals surface area contributed by atoms with E-state index in [2.05, 4.69) is 29.4 Å². The van der Waals surface area contributed by atoms with Gasteiger partial charge in [0.1, 0.15) is 11.9 Å². The molecule has 1 aromatic heterocycles. The maximum Gasteiger partial charge on any atom is 0.225 e. The van der Waals surface area contributed by atoms with Gasteiger partial charge >= 0.3 is 0 Å². The first-order valence-electron chi connectivity index (χ1n) is 8.74. The van der Waals surface area contributed by atoms with Gasteiger partial charge in [-0.15, -0.1) is 0 Å². The van der Waals surface area contributed by atoms with E-state index in [1.807, 2.05) is 38.1 Å². The predicted octanol–water partition coefficient (Wildman–Crippen LogP) is 2.73. The van der Waals surface area contributed by atoms with Crippen LogP contribution in [0.2, 0.25) is 0 Å². The van der Waals surface area contributed by atoms with Crippen LogP contribution >= 0.6 is 0 Å². The first kappa shape index (κ1) is 18.5. The number of rotatable bonds is 7. The Hall–Kier alpha value is -1.88. The van der Waals surface area contributed by atoms with E-state index in [1.165, 1.54) is 0 Å². The molecule has 5 heteroatoms. The first-order valence-corrected chi connectivity index (χ1v) is 8.74. The van der Waals surface area contributed by atoms with E-state index < -0.39 is 0 Å². The molecule has 0 aromatic carbocycles. The predicted molar refractivity (Wildman–Crippen MR) is 96.9 cm³/mol. The lowest BCUT2D eigenvalue weighted by atomic mass is 10.2. The van der Waals surface area contributed by atoms with E-state index in [1.54, 1.807) is 6.20 Å². The van der Waals surface area contributed by atoms with Crippen LogP contribution in [0, 0.1) is 5.92 Å². The third-order valence-electron chi connectivity index (χ3n) is 4.28. The first-order chi connectivity index (χ1) is 11.5. The second kappa shape index (κ2) is 8.83. The maximum atomic E-state index is 12.0. The van der Waals surface area contributed by atoms with Crippen molar-refractivity contribution in [3.8, 4) is 5.75 Å². The molecule has 1 aliphatic heterocycles. The lowest BCUT2D eigenvalue weighted by Gasteiger charge is -2.19. The van der Waals surface area contributed by atoms with Crippen LogP contribution in [-0.2, 0) is 4.79 Å². The third kappa shape index (κ3) is 5.34. The van der Waals surface area contributed by atoms with Crippen LogP contribution < -0.4 is 10.1 Å². The quantitative estimate of drug-likeness (QED) is 0.835. The zero-order valence-electron chi connectivity index (χ0n) is 15.2. The third-order valence-corrected chi connectivity index (χ3v) is 4.28. The topological polar surface area (TPSA) is 54.5 Å². The van der Waals surface area contributed by atoms with Gasteiger partial charge in [0, 0.05) is 31.1 Å². The number of carbonyl (C=O) groups is 1. The summed E-state index contributed by atoms with van der Waals surface area (Å²) in [6.07, 6.45) is 9.67. The van der Waals surface area contributed by atoms with Gasteiger partial charge in [-0.1, -0.05) is 26.0 Å². The Bertz CT molecular complexity index is 571. The number of aromatic nitrogens is 1. The van der Waals surface area contributed by atoms with Crippen molar-refractivity contribution in [1.29, 1.82) is 0 Å². The van der Waals surface area contributed by atoms with Crippen LogP contribution in [0.4, 0.5) is 0 Å². The zero-order valence-corrected chi connectivity index (χ0v) is 15.2. The van der Waals surface area contributed by atoms with Crippen molar-refractivity contribution in [2.24, 2.45) is 5.92 Å². The fourth-order valence-corrected chi connectivity index (χ4v) is 2.70. The molecule has 2 atom stereocenters. The van der Waals surface area contributed by atoms with E-state index in [0.29, 0.717) is 12.6 Å². The van der Waals surface area contributed by atoms with Gasteiger partial charge in [-0.05, 0) is 32.0 Å². The Morgan fingerprint density at radius 3 is 2.96 bits per heavy atom. The Morgan fingerprint density at radius 2 is 2.25 bits per heavy atom. The minimum Gasteiger partial charge on any atom is -0.487 e. The average Bonchev–Trinajstić information content (AvgIpc) is 3.02. The molecule has 1 aliphatic rings. The number of nitrogens with one attached hydrogen (secondary N) is 1. The number of amides is 1. The Kier molecular flexibility index (Phi) is 6.79. The monoisotopic (exact) mass is 331 g/mol. The van der Waals surface area contributed by atoms with Crippen molar-refractivity contribution < 1.29 is 9.53 Å². The fraction of sp³-hybridized carbons (Fsp3) is 0.579. The molecule has 2 heterocycles. The Labute approximate surface area is 145 Å². The molecule has 1 saturated heterocycles. The van der Waals surface area contributed by atoms with Gasteiger partial charge in [0.25, 0.3) is 0 Å². The SMILES string of the molecule is CN[C@@H](C)CC=Cc1cncc(O[C@@H]2CCN(C(=O)C(C)C)C2)c1. The molecule has 5 nitrogen and oxygen atoms in total. The molecule has 0 saturated carbocycles. The molecule has 1 amide bonds. The molecule has 1 N–H and O–H groups in total. The van der Waals surface area contributed by atoms with Crippen LogP contribution in [0.25, 0.3) is 6.08 Å². The highest BCUT2D eigenvalue weighted by Crippen LogP contribution is 2.20. The molecule has 1 aromatic rings. The number of hydrogen-bond donors (Lipinski definition) is 1. The number of hydrogen-bond acceptors (Lipinski definition) is 4. The second-order valence-electron chi connectivity index (χ2n) is 6.75. The summed E-state index contributed by atoms with van der Waals surface area (Å²) in [5.41, 5.74) is 1.03. The standard InChI is InChI=1S/C19H29N3O2/c1-14(2)19(23)22-9-8-17(13-22)24-18-10-16(11-21-12-18)7-5-6-15(3)20-4/h5,7,10-12,14-15,17,20H,6,8-9,13H2,1-4H3/t15-,17+/m0/s1. The zero-order chi connectivity index (χ0) is 17.5. The van der Waals surface area contributed by atoms with E-state index in [0.717, 1.165) is 30.7 Å². The van der Waals surface area contributed by atoms with E-state index >= 15 is 0 Å². The Balaban J connectivity index is 1.90. The molecule has 0 aliphatic carbocycles. The molecule has 0 spiro atoms. The highest BCUT2D eigenvalue weighted by atomic mass is 16.5. The van der Waals surface area contributed by atoms with Crippen molar-refractivity contribution in [3.63, 3.8) is 0 Å². The van der Waals surface area contributed by atoms with Crippen LogP contribution in [0.15, 0.2) is 24.5 Å². The largest absolute Gasteiger partial charge is 0.487 e. The van der Waals surface area contributed by atoms with E-state index in [9.17, 15) is 4.79 Å². The van der Waals surface area contributed by atoms with Crippen LogP contribution in [-0.4, -0.2) is 48.1 Å². The second-order valence-corrected chi connectivity index (χ2v) is 6.75. The normalized spacial score (nSPS) is 19.2.